The number of anilines is 2. The molecule has 0 unspecified atom stereocenters. The lowest BCUT2D eigenvalue weighted by Crippen LogP contribution is -2.45. The van der Waals surface area contributed by atoms with E-state index in [1.165, 1.54) is 0 Å². The van der Waals surface area contributed by atoms with Crippen molar-refractivity contribution in [1.82, 2.24) is 9.97 Å². The number of aryl methyl sites for hydroxylation is 1. The number of nitrogens with zero attached hydrogens (tertiary/aromatic N) is 2. The average Bonchev–Trinajstić information content (AvgIpc) is 2.38. The summed E-state index contributed by atoms with van der Waals surface area (Å²) >= 11 is 0. The van der Waals surface area contributed by atoms with E-state index in [-0.39, 0.29) is 12.1 Å². The summed E-state index contributed by atoms with van der Waals surface area (Å²) in [4.78, 5) is 8.58. The molecule has 1 aromatic heterocycles. The first-order chi connectivity index (χ1) is 8.96. The van der Waals surface area contributed by atoms with E-state index in [1.54, 1.807) is 0 Å². The quantitative estimate of drug-likeness (QED) is 0.778. The van der Waals surface area contributed by atoms with Gasteiger partial charge in [-0.2, -0.15) is 0 Å². The van der Waals surface area contributed by atoms with Gasteiger partial charge in [0.05, 0.1) is 12.1 Å². The second-order valence-corrected chi connectivity index (χ2v) is 5.88. The van der Waals surface area contributed by atoms with Crippen molar-refractivity contribution in [1.29, 1.82) is 0 Å². The fourth-order valence-corrected chi connectivity index (χ4v) is 2.66. The fraction of sp³-hybridized carbons (Fsp3) is 0.714. The van der Waals surface area contributed by atoms with Crippen LogP contribution in [-0.4, -0.2) is 27.2 Å². The molecule has 0 bridgehead atoms. The molecule has 0 aliphatic heterocycles. The first kappa shape index (κ1) is 14.1. The molecule has 0 amide bonds. The van der Waals surface area contributed by atoms with Crippen LogP contribution in [0.4, 0.5) is 11.6 Å². The predicted molar refractivity (Wildman–Crippen MR) is 77.0 cm³/mol. The Hall–Kier alpha value is -1.36. The van der Waals surface area contributed by atoms with E-state index >= 15 is 0 Å². The van der Waals surface area contributed by atoms with Crippen LogP contribution in [0.25, 0.3) is 0 Å². The molecule has 19 heavy (non-hydrogen) atoms. The molecular formula is C14H24N4O. The van der Waals surface area contributed by atoms with Gasteiger partial charge >= 0.3 is 0 Å². The Kier molecular flexibility index (Phi) is 3.94. The summed E-state index contributed by atoms with van der Waals surface area (Å²) in [7, 11) is 0. The normalized spacial score (nSPS) is 27.3. The van der Waals surface area contributed by atoms with E-state index in [4.69, 9.17) is 5.73 Å². The Morgan fingerprint density at radius 2 is 1.95 bits per heavy atom. The average molecular weight is 264 g/mol. The summed E-state index contributed by atoms with van der Waals surface area (Å²) in [5.41, 5.74) is 6.48. The molecule has 106 valence electrons. The SMILES string of the molecule is Cc1nc(N)c(C)c(NC2(CO)CCC(C)CC2)n1. The lowest BCUT2D eigenvalue weighted by molar-refractivity contribution is 0.155. The molecule has 0 atom stereocenters. The van der Waals surface area contributed by atoms with Gasteiger partial charge in [0.25, 0.3) is 0 Å². The molecule has 1 aliphatic rings. The Morgan fingerprint density at radius 1 is 1.32 bits per heavy atom. The highest BCUT2D eigenvalue weighted by Gasteiger charge is 2.34. The smallest absolute Gasteiger partial charge is 0.135 e. The van der Waals surface area contributed by atoms with Gasteiger partial charge in [-0.1, -0.05) is 6.92 Å². The topological polar surface area (TPSA) is 84.1 Å². The second-order valence-electron chi connectivity index (χ2n) is 5.88. The minimum Gasteiger partial charge on any atom is -0.394 e. The van der Waals surface area contributed by atoms with Crippen LogP contribution >= 0.6 is 0 Å². The van der Waals surface area contributed by atoms with Crippen molar-refractivity contribution in [2.45, 2.75) is 52.0 Å². The second kappa shape index (κ2) is 5.33. The number of nitrogens with two attached hydrogens (primary N) is 1. The van der Waals surface area contributed by atoms with Gasteiger partial charge in [-0.3, -0.25) is 0 Å². The van der Waals surface area contributed by atoms with Crippen LogP contribution in [0, 0.1) is 19.8 Å². The molecule has 1 aliphatic carbocycles. The minimum atomic E-state index is -0.259. The molecule has 1 saturated carbocycles. The van der Waals surface area contributed by atoms with E-state index in [9.17, 15) is 5.11 Å². The summed E-state index contributed by atoms with van der Waals surface area (Å²) in [5.74, 6) is 2.66. The number of rotatable bonds is 3. The maximum atomic E-state index is 9.78. The van der Waals surface area contributed by atoms with Crippen molar-refractivity contribution in [3.63, 3.8) is 0 Å². The zero-order chi connectivity index (χ0) is 14.0. The van der Waals surface area contributed by atoms with E-state index < -0.39 is 0 Å². The molecule has 5 nitrogen and oxygen atoms in total. The lowest BCUT2D eigenvalue weighted by atomic mass is 9.77. The molecule has 2 rings (SSSR count). The highest BCUT2D eigenvalue weighted by atomic mass is 16.3. The highest BCUT2D eigenvalue weighted by molar-refractivity contribution is 5.56. The van der Waals surface area contributed by atoms with Crippen LogP contribution in [0.2, 0.25) is 0 Å². The number of nitrogen functional groups attached to an aromatic ring is 1. The van der Waals surface area contributed by atoms with Crippen LogP contribution in [0.5, 0.6) is 0 Å². The van der Waals surface area contributed by atoms with Crippen molar-refractivity contribution >= 4 is 11.6 Å². The van der Waals surface area contributed by atoms with Gasteiger partial charge in [0.2, 0.25) is 0 Å². The number of aromatic nitrogens is 2. The molecular weight excluding hydrogens is 240 g/mol. The van der Waals surface area contributed by atoms with Crippen LogP contribution in [0.1, 0.15) is 44.0 Å². The third-order valence-electron chi connectivity index (χ3n) is 4.21. The monoisotopic (exact) mass is 264 g/mol. The number of nitrogens with one attached hydrogen (secondary N) is 1. The van der Waals surface area contributed by atoms with Crippen molar-refractivity contribution in [2.24, 2.45) is 5.92 Å². The van der Waals surface area contributed by atoms with E-state index in [0.29, 0.717) is 11.6 Å². The Morgan fingerprint density at radius 3 is 2.53 bits per heavy atom. The molecule has 0 spiro atoms. The molecule has 0 aromatic carbocycles. The summed E-state index contributed by atoms with van der Waals surface area (Å²) in [5, 5.41) is 13.2. The van der Waals surface area contributed by atoms with Crippen molar-refractivity contribution < 1.29 is 5.11 Å². The van der Waals surface area contributed by atoms with Crippen LogP contribution in [-0.2, 0) is 0 Å². The maximum Gasteiger partial charge on any atom is 0.135 e. The highest BCUT2D eigenvalue weighted by Crippen LogP contribution is 2.35. The summed E-state index contributed by atoms with van der Waals surface area (Å²) in [6.07, 6.45) is 4.19. The predicted octanol–water partition coefficient (Wildman–Crippen LogP) is 2.03. The summed E-state index contributed by atoms with van der Waals surface area (Å²) in [6.45, 7) is 6.13. The summed E-state index contributed by atoms with van der Waals surface area (Å²) < 4.78 is 0. The zero-order valence-electron chi connectivity index (χ0n) is 12.0. The molecule has 1 heterocycles. The molecule has 1 fully saturated rings. The van der Waals surface area contributed by atoms with Crippen molar-refractivity contribution in [2.75, 3.05) is 17.7 Å². The van der Waals surface area contributed by atoms with E-state index in [1.807, 2.05) is 13.8 Å². The third kappa shape index (κ3) is 2.97. The van der Waals surface area contributed by atoms with Gasteiger partial charge in [-0.05, 0) is 45.4 Å². The van der Waals surface area contributed by atoms with E-state index in [2.05, 4.69) is 22.2 Å². The third-order valence-corrected chi connectivity index (χ3v) is 4.21. The van der Waals surface area contributed by atoms with Gasteiger partial charge in [-0.25, -0.2) is 9.97 Å². The lowest BCUT2D eigenvalue weighted by Gasteiger charge is -2.39. The van der Waals surface area contributed by atoms with Crippen LogP contribution in [0.3, 0.4) is 0 Å². The van der Waals surface area contributed by atoms with Gasteiger partial charge < -0.3 is 16.2 Å². The zero-order valence-corrected chi connectivity index (χ0v) is 12.0. The molecule has 5 heteroatoms. The van der Waals surface area contributed by atoms with Gasteiger partial charge in [0, 0.05) is 5.56 Å². The first-order valence-corrected chi connectivity index (χ1v) is 6.95. The molecule has 0 saturated heterocycles. The number of aliphatic hydroxyl groups is 1. The van der Waals surface area contributed by atoms with Crippen molar-refractivity contribution in [3.05, 3.63) is 11.4 Å². The number of hydrogen-bond donors (Lipinski definition) is 3. The van der Waals surface area contributed by atoms with Gasteiger partial charge in [-0.15, -0.1) is 0 Å². The first-order valence-electron chi connectivity index (χ1n) is 6.95. The van der Waals surface area contributed by atoms with Crippen LogP contribution < -0.4 is 11.1 Å². The largest absolute Gasteiger partial charge is 0.394 e. The maximum absolute atomic E-state index is 9.78. The minimum absolute atomic E-state index is 0.127. The van der Waals surface area contributed by atoms with Gasteiger partial charge in [0.15, 0.2) is 0 Å². The van der Waals surface area contributed by atoms with Gasteiger partial charge in [0.1, 0.15) is 17.5 Å². The summed E-state index contributed by atoms with van der Waals surface area (Å²) in [6, 6.07) is 0. The number of aliphatic hydroxyl groups excluding tert-OH is 1. The van der Waals surface area contributed by atoms with Crippen molar-refractivity contribution in [3.8, 4) is 0 Å². The Balaban J connectivity index is 2.23. The van der Waals surface area contributed by atoms with E-state index in [0.717, 1.165) is 43.0 Å². The molecule has 0 radical (unpaired) electrons. The Labute approximate surface area is 114 Å². The molecule has 1 aromatic rings. The standard InChI is InChI=1S/C14H24N4O/c1-9-4-6-14(8-19,7-5-9)18-13-10(2)12(15)16-11(3)17-13/h9,19H,4-8H2,1-3H3,(H3,15,16,17,18). The number of hydrogen-bond acceptors (Lipinski definition) is 5. The van der Waals surface area contributed by atoms with Crippen LogP contribution in [0.15, 0.2) is 0 Å². The fourth-order valence-electron chi connectivity index (χ4n) is 2.66. The molecule has 4 N–H and O–H groups in total. The Bertz CT molecular complexity index is 453.